The fraction of sp³-hybridized carbons (Fsp3) is 0.429. The monoisotopic (exact) mass is 230 g/mol. The van der Waals surface area contributed by atoms with Crippen LogP contribution in [0.4, 0.5) is 14.4 Å². The number of nitrogens with one attached hydrogen (secondary N) is 2. The minimum absolute atomic E-state index is 0.406. The van der Waals surface area contributed by atoms with E-state index in [-0.39, 0.29) is 0 Å². The summed E-state index contributed by atoms with van der Waals surface area (Å²) in [5, 5.41) is 12.8. The Morgan fingerprint density at radius 1 is 1.38 bits per heavy atom. The first-order chi connectivity index (χ1) is 7.40. The second-order valence-corrected chi connectivity index (χ2v) is 2.98. The maximum Gasteiger partial charge on any atom is 0.348 e. The molecule has 1 atom stereocenters. The molecule has 1 heterocycles. The Morgan fingerprint density at radius 3 is 2.38 bits per heavy atom. The molecule has 1 aliphatic rings. The van der Waals surface area contributed by atoms with Crippen molar-refractivity contribution in [1.82, 2.24) is 20.4 Å². The van der Waals surface area contributed by atoms with E-state index in [0.717, 1.165) is 11.9 Å². The number of imide groups is 2. The molecule has 0 aromatic carbocycles. The Hall–Kier alpha value is -2.32. The predicted molar refractivity (Wildman–Crippen MR) is 49.4 cm³/mol. The van der Waals surface area contributed by atoms with E-state index in [2.05, 4.69) is 5.32 Å². The number of rotatable bonds is 1. The van der Waals surface area contributed by atoms with Crippen molar-refractivity contribution in [2.45, 2.75) is 6.17 Å². The van der Waals surface area contributed by atoms with Gasteiger partial charge in [-0.2, -0.15) is 0 Å². The SMILES string of the molecule is CNC(=O)N1C(=O)NC(=O)N(C)C1C(=O)O. The van der Waals surface area contributed by atoms with Crippen molar-refractivity contribution in [3.8, 4) is 0 Å². The van der Waals surface area contributed by atoms with Crippen molar-refractivity contribution >= 4 is 24.1 Å². The zero-order valence-electron chi connectivity index (χ0n) is 8.55. The second kappa shape index (κ2) is 4.04. The van der Waals surface area contributed by atoms with Gasteiger partial charge in [-0.25, -0.2) is 24.1 Å². The van der Waals surface area contributed by atoms with Crippen LogP contribution in [0.3, 0.4) is 0 Å². The summed E-state index contributed by atoms with van der Waals surface area (Å²) < 4.78 is 0. The number of hydrogen-bond acceptors (Lipinski definition) is 4. The molecule has 16 heavy (non-hydrogen) atoms. The summed E-state index contributed by atoms with van der Waals surface area (Å²) >= 11 is 0. The van der Waals surface area contributed by atoms with Gasteiger partial charge in [0.2, 0.25) is 6.17 Å². The molecule has 1 unspecified atom stereocenters. The van der Waals surface area contributed by atoms with Gasteiger partial charge >= 0.3 is 24.1 Å². The topological polar surface area (TPSA) is 119 Å². The van der Waals surface area contributed by atoms with Crippen LogP contribution in [0.25, 0.3) is 0 Å². The van der Waals surface area contributed by atoms with Crippen LogP contribution in [0.2, 0.25) is 0 Å². The molecule has 0 aromatic rings. The minimum atomic E-state index is -1.65. The summed E-state index contributed by atoms with van der Waals surface area (Å²) in [4.78, 5) is 45.8. The zero-order valence-corrected chi connectivity index (χ0v) is 8.55. The van der Waals surface area contributed by atoms with Crippen LogP contribution in [0.5, 0.6) is 0 Å². The van der Waals surface area contributed by atoms with Gasteiger partial charge in [-0.1, -0.05) is 0 Å². The van der Waals surface area contributed by atoms with Gasteiger partial charge in [0.25, 0.3) is 0 Å². The summed E-state index contributed by atoms with van der Waals surface area (Å²) in [5.74, 6) is -1.48. The van der Waals surface area contributed by atoms with Crippen LogP contribution in [0.15, 0.2) is 0 Å². The molecule has 3 N–H and O–H groups in total. The summed E-state index contributed by atoms with van der Waals surface area (Å²) in [7, 11) is 2.40. The van der Waals surface area contributed by atoms with E-state index in [4.69, 9.17) is 5.11 Å². The Kier molecular flexibility index (Phi) is 2.97. The van der Waals surface area contributed by atoms with Gasteiger partial charge in [0.05, 0.1) is 0 Å². The Labute approximate surface area is 90.0 Å². The molecule has 0 radical (unpaired) electrons. The molecule has 0 bridgehead atoms. The predicted octanol–water partition coefficient (Wildman–Crippen LogP) is -1.19. The van der Waals surface area contributed by atoms with Crippen molar-refractivity contribution in [3.05, 3.63) is 0 Å². The van der Waals surface area contributed by atoms with Crippen LogP contribution >= 0.6 is 0 Å². The molecule has 9 nitrogen and oxygen atoms in total. The number of urea groups is 3. The van der Waals surface area contributed by atoms with Crippen molar-refractivity contribution in [3.63, 3.8) is 0 Å². The quantitative estimate of drug-likeness (QED) is 0.523. The number of amides is 6. The van der Waals surface area contributed by atoms with E-state index in [0.29, 0.717) is 4.90 Å². The third kappa shape index (κ3) is 1.74. The first-order valence-corrected chi connectivity index (χ1v) is 4.21. The number of carbonyl (C=O) groups excluding carboxylic acids is 3. The van der Waals surface area contributed by atoms with E-state index in [1.54, 1.807) is 0 Å². The van der Waals surface area contributed by atoms with Crippen molar-refractivity contribution in [1.29, 1.82) is 0 Å². The number of likely N-dealkylation sites (N-methyl/N-ethyl adjacent to an activating group) is 1. The lowest BCUT2D eigenvalue weighted by Crippen LogP contribution is -2.68. The average molecular weight is 230 g/mol. The number of carbonyl (C=O) groups is 4. The van der Waals surface area contributed by atoms with E-state index in [1.165, 1.54) is 7.05 Å². The summed E-state index contributed by atoms with van der Waals surface area (Å²) in [6.45, 7) is 0. The Balaban J connectivity index is 3.10. The standard InChI is InChI=1S/C7H10N4O5/c1-8-5(14)11-3(4(12)13)10(2)6(15)9-7(11)16/h3H,1-2H3,(H,8,14)(H,12,13)(H,9,15,16). The molecule has 6 amide bonds. The first-order valence-electron chi connectivity index (χ1n) is 4.21. The highest BCUT2D eigenvalue weighted by atomic mass is 16.4. The summed E-state index contributed by atoms with van der Waals surface area (Å²) in [6.07, 6.45) is -1.65. The normalized spacial score (nSPS) is 20.5. The molecule has 88 valence electrons. The van der Waals surface area contributed by atoms with Crippen LogP contribution in [-0.2, 0) is 4.79 Å². The number of carboxylic acids is 1. The van der Waals surface area contributed by atoms with Gasteiger partial charge < -0.3 is 10.4 Å². The molecule has 1 saturated heterocycles. The third-order valence-electron chi connectivity index (χ3n) is 2.02. The molecule has 1 aliphatic heterocycles. The number of nitrogens with zero attached hydrogens (tertiary/aromatic N) is 2. The number of aliphatic carboxylic acids is 1. The van der Waals surface area contributed by atoms with Gasteiger partial charge in [0.1, 0.15) is 0 Å². The molecular weight excluding hydrogens is 220 g/mol. The lowest BCUT2D eigenvalue weighted by molar-refractivity contribution is -0.146. The highest BCUT2D eigenvalue weighted by molar-refractivity contribution is 6.07. The molecular formula is C7H10N4O5. The van der Waals surface area contributed by atoms with Gasteiger partial charge in [-0.05, 0) is 0 Å². The molecule has 0 aliphatic carbocycles. The molecule has 1 rings (SSSR count). The first kappa shape index (κ1) is 11.8. The Morgan fingerprint density at radius 2 is 1.94 bits per heavy atom. The summed E-state index contributed by atoms with van der Waals surface area (Å²) in [6, 6.07) is -2.86. The number of hydrogen-bond donors (Lipinski definition) is 3. The zero-order chi connectivity index (χ0) is 12.5. The Bertz CT molecular complexity index is 368. The van der Waals surface area contributed by atoms with Crippen LogP contribution in [-0.4, -0.2) is 59.2 Å². The van der Waals surface area contributed by atoms with Gasteiger partial charge in [0, 0.05) is 14.1 Å². The fourth-order valence-electron chi connectivity index (χ4n) is 1.24. The number of carboxylic acid groups (broad SMARTS) is 1. The van der Waals surface area contributed by atoms with E-state index < -0.39 is 30.2 Å². The van der Waals surface area contributed by atoms with Crippen LogP contribution in [0.1, 0.15) is 0 Å². The average Bonchev–Trinajstić information content (AvgIpc) is 2.21. The smallest absolute Gasteiger partial charge is 0.348 e. The molecule has 9 heteroatoms. The summed E-state index contributed by atoms with van der Waals surface area (Å²) in [5.41, 5.74) is 0. The van der Waals surface area contributed by atoms with E-state index in [9.17, 15) is 19.2 Å². The van der Waals surface area contributed by atoms with Crippen molar-refractivity contribution in [2.75, 3.05) is 14.1 Å². The molecule has 1 fully saturated rings. The fourth-order valence-corrected chi connectivity index (χ4v) is 1.24. The maximum absolute atomic E-state index is 11.3. The second-order valence-electron chi connectivity index (χ2n) is 2.98. The maximum atomic E-state index is 11.3. The van der Waals surface area contributed by atoms with Crippen LogP contribution < -0.4 is 10.6 Å². The minimum Gasteiger partial charge on any atom is -0.478 e. The highest BCUT2D eigenvalue weighted by Crippen LogP contribution is 2.11. The lowest BCUT2D eigenvalue weighted by atomic mass is 10.3. The highest BCUT2D eigenvalue weighted by Gasteiger charge is 2.44. The van der Waals surface area contributed by atoms with E-state index >= 15 is 0 Å². The largest absolute Gasteiger partial charge is 0.478 e. The van der Waals surface area contributed by atoms with Gasteiger partial charge in [0.15, 0.2) is 0 Å². The van der Waals surface area contributed by atoms with Crippen molar-refractivity contribution < 1.29 is 24.3 Å². The van der Waals surface area contributed by atoms with Crippen LogP contribution in [0, 0.1) is 0 Å². The van der Waals surface area contributed by atoms with E-state index in [1.807, 2.05) is 5.32 Å². The van der Waals surface area contributed by atoms with Gasteiger partial charge in [-0.15, -0.1) is 0 Å². The van der Waals surface area contributed by atoms with Gasteiger partial charge in [-0.3, -0.25) is 10.2 Å². The molecule has 0 spiro atoms. The lowest BCUT2D eigenvalue weighted by Gasteiger charge is -2.36. The van der Waals surface area contributed by atoms with Crippen molar-refractivity contribution in [2.24, 2.45) is 0 Å². The molecule has 0 saturated carbocycles. The molecule has 0 aromatic heterocycles. The third-order valence-corrected chi connectivity index (χ3v) is 2.02.